The van der Waals surface area contributed by atoms with Crippen molar-refractivity contribution >= 4 is 28.4 Å². The van der Waals surface area contributed by atoms with Gasteiger partial charge in [-0.2, -0.15) is 13.9 Å². The molecule has 13 heteroatoms. The van der Waals surface area contributed by atoms with Crippen LogP contribution in [0.25, 0.3) is 22.3 Å². The molecule has 2 aromatic carbocycles. The number of hydrogen-bond donors (Lipinski definition) is 2. The number of aryl methyl sites for hydroxylation is 2. The van der Waals surface area contributed by atoms with Crippen molar-refractivity contribution in [3.8, 4) is 17.1 Å². The lowest BCUT2D eigenvalue weighted by Gasteiger charge is -2.22. The Hall–Kier alpha value is -3.74. The Bertz CT molecular complexity index is 1470. The number of pyridine rings is 1. The van der Waals surface area contributed by atoms with E-state index in [1.165, 1.54) is 6.33 Å². The number of ether oxygens (including phenoxy) is 2. The predicted molar refractivity (Wildman–Crippen MR) is 132 cm³/mol. The lowest BCUT2D eigenvalue weighted by atomic mass is 10.0. The largest absolute Gasteiger partial charge is 0.487 e. The Labute approximate surface area is 220 Å². The highest BCUT2D eigenvalue weighted by atomic mass is 35.5. The van der Waals surface area contributed by atoms with Crippen LogP contribution in [-0.2, 0) is 23.2 Å². The predicted octanol–water partition coefficient (Wildman–Crippen LogP) is 4.10. The fourth-order valence-corrected chi connectivity index (χ4v) is 4.29. The van der Waals surface area contributed by atoms with Gasteiger partial charge in [0.05, 0.1) is 17.7 Å². The Morgan fingerprint density at radius 2 is 2.05 bits per heavy atom. The molecule has 2 N–H and O–H groups in total. The summed E-state index contributed by atoms with van der Waals surface area (Å²) in [5.41, 5.74) is 2.45. The third-order valence-electron chi connectivity index (χ3n) is 5.68. The Balaban J connectivity index is 1.67. The number of para-hydroxylation sites is 1. The number of alkyl halides is 2. The summed E-state index contributed by atoms with van der Waals surface area (Å²) in [6, 6.07) is 8.23. The molecule has 38 heavy (non-hydrogen) atoms. The number of rotatable bonds is 10. The summed E-state index contributed by atoms with van der Waals surface area (Å²) in [5.74, 6) is -0.613. The van der Waals surface area contributed by atoms with Gasteiger partial charge in [-0.1, -0.05) is 23.7 Å². The molecule has 200 valence electrons. The Kier molecular flexibility index (Phi) is 8.45. The standard InChI is InChI=1S/C25H23ClF3N5O4/c1-13-6-17(24-30-12-31-34(24)2)15-4-3-5-21(23(15)32-13)37-10-18-16(7-14(27)8-19(18)26)20(9-35)33-22(36)11-38-25(28)29/h3-8,12,20,25,35H,9-11H2,1-2H3,(H,33,36)/t20-/m0/s1. The van der Waals surface area contributed by atoms with Crippen LogP contribution in [-0.4, -0.2) is 50.6 Å². The molecule has 0 aliphatic carbocycles. The topological polar surface area (TPSA) is 111 Å². The van der Waals surface area contributed by atoms with E-state index in [0.717, 1.165) is 23.1 Å². The first-order chi connectivity index (χ1) is 18.2. The van der Waals surface area contributed by atoms with Gasteiger partial charge in [0.2, 0.25) is 5.91 Å². The number of carbonyl (C=O) groups excluding carboxylic acids is 1. The number of aromatic nitrogens is 4. The van der Waals surface area contributed by atoms with E-state index < -0.39 is 37.6 Å². The first kappa shape index (κ1) is 27.3. The molecule has 2 heterocycles. The fourth-order valence-electron chi connectivity index (χ4n) is 4.02. The second-order valence-corrected chi connectivity index (χ2v) is 8.70. The smallest absolute Gasteiger partial charge is 0.345 e. The monoisotopic (exact) mass is 549 g/mol. The minimum Gasteiger partial charge on any atom is -0.487 e. The Morgan fingerprint density at radius 1 is 1.26 bits per heavy atom. The summed E-state index contributed by atoms with van der Waals surface area (Å²) < 4.78 is 50.5. The number of nitrogens with one attached hydrogen (secondary N) is 1. The first-order valence-electron chi connectivity index (χ1n) is 11.3. The molecule has 0 bridgehead atoms. The van der Waals surface area contributed by atoms with E-state index in [1.807, 2.05) is 19.1 Å². The highest BCUT2D eigenvalue weighted by Gasteiger charge is 2.22. The average Bonchev–Trinajstić information content (AvgIpc) is 3.30. The maximum Gasteiger partial charge on any atom is 0.345 e. The summed E-state index contributed by atoms with van der Waals surface area (Å²) in [6.07, 6.45) is 1.45. The quantitative estimate of drug-likeness (QED) is 0.306. The third kappa shape index (κ3) is 6.04. The molecule has 1 atom stereocenters. The van der Waals surface area contributed by atoms with Gasteiger partial charge < -0.3 is 19.9 Å². The molecule has 0 unspecified atom stereocenters. The Morgan fingerprint density at radius 3 is 2.74 bits per heavy atom. The van der Waals surface area contributed by atoms with Gasteiger partial charge in [-0.25, -0.2) is 19.0 Å². The van der Waals surface area contributed by atoms with Crippen LogP contribution >= 0.6 is 11.6 Å². The zero-order chi connectivity index (χ0) is 27.4. The molecule has 4 aromatic rings. The van der Waals surface area contributed by atoms with Crippen molar-refractivity contribution in [3.05, 3.63) is 70.4 Å². The van der Waals surface area contributed by atoms with Gasteiger partial charge >= 0.3 is 6.61 Å². The zero-order valence-electron chi connectivity index (χ0n) is 20.3. The average molecular weight is 550 g/mol. The molecule has 2 aromatic heterocycles. The first-order valence-corrected chi connectivity index (χ1v) is 11.7. The zero-order valence-corrected chi connectivity index (χ0v) is 21.0. The number of aliphatic hydroxyl groups excluding tert-OH is 1. The van der Waals surface area contributed by atoms with Crippen molar-refractivity contribution in [1.82, 2.24) is 25.1 Å². The number of carbonyl (C=O) groups is 1. The summed E-state index contributed by atoms with van der Waals surface area (Å²) in [7, 11) is 1.78. The van der Waals surface area contributed by atoms with Crippen LogP contribution in [0.15, 0.2) is 42.7 Å². The number of halogens is 4. The number of hydrogen-bond acceptors (Lipinski definition) is 7. The van der Waals surface area contributed by atoms with Crippen LogP contribution < -0.4 is 10.1 Å². The molecular weight excluding hydrogens is 527 g/mol. The van der Waals surface area contributed by atoms with Crippen molar-refractivity contribution in [3.63, 3.8) is 0 Å². The van der Waals surface area contributed by atoms with Gasteiger partial charge in [-0.15, -0.1) is 0 Å². The van der Waals surface area contributed by atoms with E-state index in [-0.39, 0.29) is 22.8 Å². The highest BCUT2D eigenvalue weighted by molar-refractivity contribution is 6.31. The minimum atomic E-state index is -3.15. The maximum absolute atomic E-state index is 14.3. The van der Waals surface area contributed by atoms with Crippen molar-refractivity contribution in [2.45, 2.75) is 26.2 Å². The van der Waals surface area contributed by atoms with Gasteiger partial charge in [0, 0.05) is 29.3 Å². The minimum absolute atomic E-state index is 0.0133. The second kappa shape index (κ2) is 11.8. The van der Waals surface area contributed by atoms with Gasteiger partial charge in [0.1, 0.15) is 36.6 Å². The lowest BCUT2D eigenvalue weighted by Crippen LogP contribution is -2.34. The van der Waals surface area contributed by atoms with E-state index in [2.05, 4.69) is 25.1 Å². The van der Waals surface area contributed by atoms with Gasteiger partial charge in [-0.3, -0.25) is 4.79 Å². The van der Waals surface area contributed by atoms with E-state index in [0.29, 0.717) is 22.8 Å². The number of benzene rings is 2. The number of aliphatic hydroxyl groups is 1. The summed E-state index contributed by atoms with van der Waals surface area (Å²) in [5, 5.41) is 17.1. The molecule has 9 nitrogen and oxygen atoms in total. The maximum atomic E-state index is 14.3. The van der Waals surface area contributed by atoms with E-state index in [1.54, 1.807) is 23.9 Å². The van der Waals surface area contributed by atoms with Crippen molar-refractivity contribution in [2.75, 3.05) is 13.2 Å². The molecule has 0 fully saturated rings. The van der Waals surface area contributed by atoms with Crippen LogP contribution in [0.1, 0.15) is 22.9 Å². The molecule has 1 amide bonds. The summed E-state index contributed by atoms with van der Waals surface area (Å²) in [4.78, 5) is 21.0. The van der Waals surface area contributed by atoms with Gasteiger partial charge in [-0.05, 0) is 36.8 Å². The third-order valence-corrected chi connectivity index (χ3v) is 6.02. The molecule has 0 saturated carbocycles. The van der Waals surface area contributed by atoms with Gasteiger partial charge in [0.25, 0.3) is 0 Å². The van der Waals surface area contributed by atoms with Crippen molar-refractivity contribution in [1.29, 1.82) is 0 Å². The molecular formula is C25H23ClF3N5O4. The summed E-state index contributed by atoms with van der Waals surface area (Å²) in [6.45, 7) is -3.10. The molecule has 0 aliphatic heterocycles. The van der Waals surface area contributed by atoms with Crippen LogP contribution in [0.4, 0.5) is 13.2 Å². The molecule has 4 rings (SSSR count). The van der Waals surface area contributed by atoms with Gasteiger partial charge in [0.15, 0.2) is 5.82 Å². The normalized spacial score (nSPS) is 12.2. The fraction of sp³-hybridized carbons (Fsp3) is 0.280. The molecule has 0 saturated heterocycles. The molecule has 0 radical (unpaired) electrons. The van der Waals surface area contributed by atoms with Crippen molar-refractivity contribution < 1.29 is 32.5 Å². The number of fused-ring (bicyclic) bond motifs is 1. The van der Waals surface area contributed by atoms with Crippen molar-refractivity contribution in [2.24, 2.45) is 7.05 Å². The van der Waals surface area contributed by atoms with E-state index >= 15 is 0 Å². The van der Waals surface area contributed by atoms with E-state index in [4.69, 9.17) is 16.3 Å². The van der Waals surface area contributed by atoms with Crippen LogP contribution in [0, 0.1) is 12.7 Å². The van der Waals surface area contributed by atoms with Crippen LogP contribution in [0.3, 0.4) is 0 Å². The second-order valence-electron chi connectivity index (χ2n) is 8.29. The highest BCUT2D eigenvalue weighted by Crippen LogP contribution is 2.34. The van der Waals surface area contributed by atoms with Crippen LogP contribution in [0.5, 0.6) is 5.75 Å². The van der Waals surface area contributed by atoms with E-state index in [9.17, 15) is 23.1 Å². The number of nitrogens with zero attached hydrogens (tertiary/aromatic N) is 4. The summed E-state index contributed by atoms with van der Waals surface area (Å²) >= 11 is 6.32. The lowest BCUT2D eigenvalue weighted by molar-refractivity contribution is -0.152. The SMILES string of the molecule is Cc1cc(-c2ncnn2C)c2cccc(OCc3c(Cl)cc(F)cc3[C@H](CO)NC(=O)COC(F)F)c2n1. The number of amides is 1. The molecule has 0 aliphatic rings. The van der Waals surface area contributed by atoms with Crippen LogP contribution in [0.2, 0.25) is 5.02 Å². The molecule has 0 spiro atoms.